The van der Waals surface area contributed by atoms with E-state index in [9.17, 15) is 14.0 Å². The molecule has 28 heavy (non-hydrogen) atoms. The standard InChI is InChI=1S/C20H24ClFN2O4/c1-13(18-11-24(20(26)28-18)10-14-3-2-4-14)7-8-23-19(25)12-27-15-5-6-16(21)17(22)9-15/h5-6,9,14,18H,1-4,7-8,10-12H2,(H,23,25)/t18-/m0/s1. The molecule has 3 rings (SSSR count). The second-order valence-corrected chi connectivity index (χ2v) is 7.60. The van der Waals surface area contributed by atoms with Gasteiger partial charge in [0, 0.05) is 19.2 Å². The summed E-state index contributed by atoms with van der Waals surface area (Å²) >= 11 is 5.60. The Morgan fingerprint density at radius 2 is 2.21 bits per heavy atom. The fourth-order valence-electron chi connectivity index (χ4n) is 3.15. The Balaban J connectivity index is 1.33. The molecule has 6 nitrogen and oxygen atoms in total. The third-order valence-electron chi connectivity index (χ3n) is 5.08. The number of carbonyl (C=O) groups is 2. The molecule has 0 unspecified atom stereocenters. The monoisotopic (exact) mass is 410 g/mol. The van der Waals surface area contributed by atoms with Crippen LogP contribution in [0.5, 0.6) is 5.75 Å². The van der Waals surface area contributed by atoms with E-state index in [2.05, 4.69) is 11.9 Å². The number of hydrogen-bond acceptors (Lipinski definition) is 4. The van der Waals surface area contributed by atoms with E-state index in [0.717, 1.165) is 18.2 Å². The van der Waals surface area contributed by atoms with E-state index in [1.165, 1.54) is 31.4 Å². The molecule has 1 aliphatic carbocycles. The van der Waals surface area contributed by atoms with Crippen molar-refractivity contribution in [2.75, 3.05) is 26.2 Å². The van der Waals surface area contributed by atoms with Crippen LogP contribution >= 0.6 is 11.6 Å². The maximum absolute atomic E-state index is 13.3. The van der Waals surface area contributed by atoms with E-state index in [1.807, 2.05) is 0 Å². The van der Waals surface area contributed by atoms with Gasteiger partial charge in [0.05, 0.1) is 11.6 Å². The molecule has 1 aromatic carbocycles. The molecule has 1 saturated heterocycles. The molecule has 1 aromatic rings. The first-order valence-electron chi connectivity index (χ1n) is 9.40. The lowest BCUT2D eigenvalue weighted by Crippen LogP contribution is -2.34. The fraction of sp³-hybridized carbons (Fsp3) is 0.500. The van der Waals surface area contributed by atoms with Crippen LogP contribution in [0.25, 0.3) is 0 Å². The highest BCUT2D eigenvalue weighted by Crippen LogP contribution is 2.29. The van der Waals surface area contributed by atoms with Crippen molar-refractivity contribution in [3.8, 4) is 5.75 Å². The molecule has 1 heterocycles. The predicted molar refractivity (Wildman–Crippen MR) is 103 cm³/mol. The molecular weight excluding hydrogens is 387 g/mol. The quantitative estimate of drug-likeness (QED) is 0.632. The van der Waals surface area contributed by atoms with Gasteiger partial charge >= 0.3 is 6.09 Å². The van der Waals surface area contributed by atoms with E-state index in [0.29, 0.717) is 25.4 Å². The zero-order valence-corrected chi connectivity index (χ0v) is 16.3. The third-order valence-corrected chi connectivity index (χ3v) is 5.38. The first-order valence-corrected chi connectivity index (χ1v) is 9.78. The highest BCUT2D eigenvalue weighted by atomic mass is 35.5. The van der Waals surface area contributed by atoms with E-state index >= 15 is 0 Å². The smallest absolute Gasteiger partial charge is 0.410 e. The van der Waals surface area contributed by atoms with Crippen molar-refractivity contribution >= 4 is 23.6 Å². The van der Waals surface area contributed by atoms with Crippen LogP contribution in [0.15, 0.2) is 30.4 Å². The number of hydrogen-bond donors (Lipinski definition) is 1. The number of halogens is 2. The van der Waals surface area contributed by atoms with Gasteiger partial charge in [-0.1, -0.05) is 24.6 Å². The largest absolute Gasteiger partial charge is 0.484 e. The van der Waals surface area contributed by atoms with Crippen LogP contribution in [0.4, 0.5) is 9.18 Å². The van der Waals surface area contributed by atoms with Gasteiger partial charge in [-0.3, -0.25) is 4.79 Å². The molecule has 152 valence electrons. The van der Waals surface area contributed by atoms with Crippen LogP contribution in [-0.4, -0.2) is 49.2 Å². The molecular formula is C20H24ClFN2O4. The summed E-state index contributed by atoms with van der Waals surface area (Å²) in [4.78, 5) is 25.6. The minimum absolute atomic E-state index is 0.00539. The van der Waals surface area contributed by atoms with Crippen molar-refractivity contribution in [2.24, 2.45) is 5.92 Å². The van der Waals surface area contributed by atoms with Crippen molar-refractivity contribution in [3.63, 3.8) is 0 Å². The van der Waals surface area contributed by atoms with Crippen LogP contribution in [0.2, 0.25) is 5.02 Å². The lowest BCUT2D eigenvalue weighted by Gasteiger charge is -2.28. The molecule has 0 spiro atoms. The third kappa shape index (κ3) is 5.38. The van der Waals surface area contributed by atoms with E-state index < -0.39 is 5.82 Å². The number of benzene rings is 1. The molecule has 2 amide bonds. The lowest BCUT2D eigenvalue weighted by atomic mass is 9.85. The Bertz CT molecular complexity index is 754. The number of carbonyl (C=O) groups excluding carboxylic acids is 2. The topological polar surface area (TPSA) is 67.9 Å². The maximum Gasteiger partial charge on any atom is 0.410 e. The number of ether oxygens (including phenoxy) is 2. The zero-order valence-electron chi connectivity index (χ0n) is 15.6. The van der Waals surface area contributed by atoms with E-state index in [1.54, 1.807) is 4.90 Å². The Labute approximate surface area is 168 Å². The summed E-state index contributed by atoms with van der Waals surface area (Å²) < 4.78 is 24.0. The van der Waals surface area contributed by atoms with E-state index in [4.69, 9.17) is 21.1 Å². The summed E-state index contributed by atoms with van der Waals surface area (Å²) in [6.45, 7) is 5.38. The Kier molecular flexibility index (Phi) is 6.78. The van der Waals surface area contributed by atoms with Gasteiger partial charge in [0.2, 0.25) is 0 Å². The van der Waals surface area contributed by atoms with Gasteiger partial charge in [0.15, 0.2) is 6.61 Å². The molecule has 1 aliphatic heterocycles. The van der Waals surface area contributed by atoms with Gasteiger partial charge in [-0.15, -0.1) is 0 Å². The average molecular weight is 411 g/mol. The maximum atomic E-state index is 13.3. The first kappa shape index (κ1) is 20.5. The second-order valence-electron chi connectivity index (χ2n) is 7.20. The summed E-state index contributed by atoms with van der Waals surface area (Å²) in [6, 6.07) is 3.98. The van der Waals surface area contributed by atoms with Crippen molar-refractivity contribution in [1.29, 1.82) is 0 Å². The molecule has 1 atom stereocenters. The number of amides is 2. The average Bonchev–Trinajstić information content (AvgIpc) is 3.00. The SMILES string of the molecule is C=C(CCNC(=O)COc1ccc(Cl)c(F)c1)[C@@H]1CN(CC2CCC2)C(=O)O1. The Morgan fingerprint density at radius 3 is 2.89 bits per heavy atom. The van der Waals surface area contributed by atoms with Crippen LogP contribution in [0.1, 0.15) is 25.7 Å². The molecule has 1 N–H and O–H groups in total. The summed E-state index contributed by atoms with van der Waals surface area (Å²) in [6.07, 6.45) is 3.46. The summed E-state index contributed by atoms with van der Waals surface area (Å²) in [5.41, 5.74) is 0.769. The molecule has 2 aliphatic rings. The van der Waals surface area contributed by atoms with Crippen LogP contribution in [0, 0.1) is 11.7 Å². The van der Waals surface area contributed by atoms with Crippen LogP contribution in [-0.2, 0) is 9.53 Å². The molecule has 8 heteroatoms. The number of nitrogens with one attached hydrogen (secondary N) is 1. The predicted octanol–water partition coefficient (Wildman–Crippen LogP) is 3.54. The second kappa shape index (κ2) is 9.28. The summed E-state index contributed by atoms with van der Waals surface area (Å²) in [5.74, 6) is -0.120. The summed E-state index contributed by atoms with van der Waals surface area (Å²) in [7, 11) is 0. The number of rotatable bonds is 9. The van der Waals surface area contributed by atoms with Gasteiger partial charge in [0.1, 0.15) is 17.7 Å². The minimum Gasteiger partial charge on any atom is -0.484 e. The van der Waals surface area contributed by atoms with Crippen LogP contribution < -0.4 is 10.1 Å². The molecule has 2 fully saturated rings. The summed E-state index contributed by atoms with van der Waals surface area (Å²) in [5, 5.41) is 2.70. The normalized spacial score (nSPS) is 19.1. The Hall–Kier alpha value is -2.28. The zero-order chi connectivity index (χ0) is 20.1. The fourth-order valence-corrected chi connectivity index (χ4v) is 3.26. The highest BCUT2D eigenvalue weighted by Gasteiger charge is 2.34. The number of cyclic esters (lactones) is 1. The molecule has 0 aromatic heterocycles. The molecule has 0 bridgehead atoms. The van der Waals surface area contributed by atoms with E-state index in [-0.39, 0.29) is 35.5 Å². The van der Waals surface area contributed by atoms with Gasteiger partial charge in [-0.05, 0) is 42.9 Å². The van der Waals surface area contributed by atoms with Crippen molar-refractivity contribution < 1.29 is 23.5 Å². The van der Waals surface area contributed by atoms with Gasteiger partial charge < -0.3 is 19.7 Å². The van der Waals surface area contributed by atoms with Gasteiger partial charge in [0.25, 0.3) is 5.91 Å². The van der Waals surface area contributed by atoms with Gasteiger partial charge in [-0.25, -0.2) is 9.18 Å². The number of nitrogens with zero attached hydrogens (tertiary/aromatic N) is 1. The molecule has 0 radical (unpaired) electrons. The lowest BCUT2D eigenvalue weighted by molar-refractivity contribution is -0.123. The Morgan fingerprint density at radius 1 is 1.43 bits per heavy atom. The van der Waals surface area contributed by atoms with Crippen molar-refractivity contribution in [2.45, 2.75) is 31.8 Å². The van der Waals surface area contributed by atoms with Gasteiger partial charge in [-0.2, -0.15) is 0 Å². The van der Waals surface area contributed by atoms with Crippen LogP contribution in [0.3, 0.4) is 0 Å². The first-order chi connectivity index (χ1) is 13.4. The van der Waals surface area contributed by atoms with Crippen molar-refractivity contribution in [3.05, 3.63) is 41.2 Å². The minimum atomic E-state index is -0.603. The van der Waals surface area contributed by atoms with Crippen molar-refractivity contribution in [1.82, 2.24) is 10.2 Å². The molecule has 1 saturated carbocycles. The highest BCUT2D eigenvalue weighted by molar-refractivity contribution is 6.30.